The Hall–Kier alpha value is -2.14. The maximum atomic E-state index is 11.5. The predicted molar refractivity (Wildman–Crippen MR) is 87.1 cm³/mol. The van der Waals surface area contributed by atoms with Crippen molar-refractivity contribution in [3.8, 4) is 10.8 Å². The summed E-state index contributed by atoms with van der Waals surface area (Å²) in [6.07, 6.45) is 0.204. The number of carbonyl (C=O) groups is 1. The lowest BCUT2D eigenvalue weighted by atomic mass is 10.1. The van der Waals surface area contributed by atoms with Crippen LogP contribution in [0.15, 0.2) is 34.1 Å². The van der Waals surface area contributed by atoms with Gasteiger partial charge >= 0.3 is 5.97 Å². The minimum Gasteiger partial charge on any atom is -0.469 e. The van der Waals surface area contributed by atoms with E-state index in [0.29, 0.717) is 5.92 Å². The van der Waals surface area contributed by atoms with Gasteiger partial charge in [-0.05, 0) is 12.0 Å². The van der Waals surface area contributed by atoms with E-state index in [0.717, 1.165) is 33.0 Å². The molecule has 22 heavy (non-hydrogen) atoms. The maximum Gasteiger partial charge on any atom is 0.310 e. The van der Waals surface area contributed by atoms with Gasteiger partial charge in [-0.1, -0.05) is 32.0 Å². The van der Waals surface area contributed by atoms with Crippen LogP contribution >= 0.6 is 11.3 Å². The van der Waals surface area contributed by atoms with E-state index in [1.807, 2.05) is 24.3 Å². The van der Waals surface area contributed by atoms with Crippen molar-refractivity contribution in [1.82, 2.24) is 4.98 Å². The first kappa shape index (κ1) is 14.8. The molecule has 0 aliphatic carbocycles. The third-order valence-corrected chi connectivity index (χ3v) is 4.39. The number of nitrogens with zero attached hydrogens (tertiary/aromatic N) is 1. The van der Waals surface area contributed by atoms with Crippen molar-refractivity contribution in [3.63, 3.8) is 0 Å². The first-order valence-electron chi connectivity index (χ1n) is 7.12. The Morgan fingerprint density at radius 2 is 2.23 bits per heavy atom. The minimum atomic E-state index is -0.276. The molecule has 0 saturated heterocycles. The lowest BCUT2D eigenvalue weighted by molar-refractivity contribution is -0.139. The zero-order valence-corrected chi connectivity index (χ0v) is 13.6. The summed E-state index contributed by atoms with van der Waals surface area (Å²) in [7, 11) is 1.39. The van der Waals surface area contributed by atoms with Gasteiger partial charge in [0.05, 0.1) is 19.2 Å². The van der Waals surface area contributed by atoms with Gasteiger partial charge in [0, 0.05) is 16.3 Å². The fraction of sp³-hybridized carbons (Fsp3) is 0.294. The molecule has 5 heteroatoms. The molecule has 0 fully saturated rings. The molecule has 2 aromatic heterocycles. The minimum absolute atomic E-state index is 0.204. The molecular formula is C17H17NO3S. The molecule has 3 aromatic rings. The van der Waals surface area contributed by atoms with Crippen LogP contribution < -0.4 is 0 Å². The number of methoxy groups -OCH3 is 1. The number of ether oxygens (including phenoxy) is 1. The normalized spacial score (nSPS) is 11.3. The first-order chi connectivity index (χ1) is 10.6. The summed E-state index contributed by atoms with van der Waals surface area (Å²) >= 11 is 1.57. The Balaban J connectivity index is 2.01. The highest BCUT2D eigenvalue weighted by Crippen LogP contribution is 2.33. The summed E-state index contributed by atoms with van der Waals surface area (Å²) < 4.78 is 10.7. The first-order valence-corrected chi connectivity index (χ1v) is 8.00. The lowest BCUT2D eigenvalue weighted by Crippen LogP contribution is -2.04. The molecule has 1 aromatic carbocycles. The molecule has 3 rings (SSSR count). The number of hydrogen-bond acceptors (Lipinski definition) is 5. The lowest BCUT2D eigenvalue weighted by Gasteiger charge is -2.00. The van der Waals surface area contributed by atoms with Gasteiger partial charge in [0.15, 0.2) is 10.8 Å². The molecule has 0 atom stereocenters. The van der Waals surface area contributed by atoms with Gasteiger partial charge in [-0.2, -0.15) is 0 Å². The molecule has 0 aliphatic rings. The molecule has 0 saturated carbocycles. The number of furan rings is 1. The van der Waals surface area contributed by atoms with Crippen molar-refractivity contribution in [1.29, 1.82) is 0 Å². The van der Waals surface area contributed by atoms with Crippen LogP contribution in [-0.4, -0.2) is 18.1 Å². The van der Waals surface area contributed by atoms with E-state index in [1.54, 1.807) is 11.3 Å². The van der Waals surface area contributed by atoms with E-state index in [2.05, 4.69) is 24.2 Å². The van der Waals surface area contributed by atoms with Crippen LogP contribution in [0.1, 0.15) is 31.0 Å². The van der Waals surface area contributed by atoms with Gasteiger partial charge in [-0.25, -0.2) is 4.98 Å². The SMILES string of the molecule is COC(=O)Cc1cccc2cc(-c3nc(C(C)C)cs3)oc12. The number of thiazole rings is 1. The molecular weight excluding hydrogens is 298 g/mol. The Labute approximate surface area is 132 Å². The van der Waals surface area contributed by atoms with E-state index in [9.17, 15) is 4.79 Å². The fourth-order valence-electron chi connectivity index (χ4n) is 2.26. The summed E-state index contributed by atoms with van der Waals surface area (Å²) in [6, 6.07) is 7.74. The molecule has 0 N–H and O–H groups in total. The van der Waals surface area contributed by atoms with Gasteiger partial charge in [0.25, 0.3) is 0 Å². The second-order valence-electron chi connectivity index (χ2n) is 5.43. The summed E-state index contributed by atoms with van der Waals surface area (Å²) in [5.41, 5.74) is 2.62. The standard InChI is InChI=1S/C17H17NO3S/c1-10(2)13-9-22-17(18-13)14-7-11-5-4-6-12(16(11)21-14)8-15(19)20-3/h4-7,9-10H,8H2,1-3H3. The van der Waals surface area contributed by atoms with Crippen LogP contribution in [-0.2, 0) is 16.0 Å². The van der Waals surface area contributed by atoms with Crippen molar-refractivity contribution < 1.29 is 13.9 Å². The van der Waals surface area contributed by atoms with E-state index in [4.69, 9.17) is 9.15 Å². The molecule has 4 nitrogen and oxygen atoms in total. The number of aromatic nitrogens is 1. The van der Waals surface area contributed by atoms with Crippen LogP contribution in [0, 0.1) is 0 Å². The van der Waals surface area contributed by atoms with Crippen LogP contribution in [0.25, 0.3) is 21.7 Å². The highest BCUT2D eigenvalue weighted by atomic mass is 32.1. The molecule has 0 aliphatic heterocycles. The van der Waals surface area contributed by atoms with Crippen molar-refractivity contribution in [2.45, 2.75) is 26.2 Å². The number of rotatable bonds is 4. The number of benzene rings is 1. The maximum absolute atomic E-state index is 11.5. The van der Waals surface area contributed by atoms with Gasteiger partial charge in [0.2, 0.25) is 0 Å². The highest BCUT2D eigenvalue weighted by molar-refractivity contribution is 7.13. The van der Waals surface area contributed by atoms with E-state index < -0.39 is 0 Å². The molecule has 114 valence electrons. The van der Waals surface area contributed by atoms with E-state index in [1.165, 1.54) is 7.11 Å². The van der Waals surface area contributed by atoms with Crippen molar-refractivity contribution in [2.75, 3.05) is 7.11 Å². The van der Waals surface area contributed by atoms with Crippen LogP contribution in [0.3, 0.4) is 0 Å². The smallest absolute Gasteiger partial charge is 0.310 e. The largest absolute Gasteiger partial charge is 0.469 e. The average molecular weight is 315 g/mol. The second kappa shape index (κ2) is 5.93. The summed E-state index contributed by atoms with van der Waals surface area (Å²) in [5, 5.41) is 3.89. The fourth-order valence-corrected chi connectivity index (χ4v) is 3.19. The number of para-hydroxylation sites is 1. The van der Waals surface area contributed by atoms with Gasteiger partial charge in [-0.15, -0.1) is 11.3 Å². The molecule has 0 spiro atoms. The van der Waals surface area contributed by atoms with Crippen molar-refractivity contribution in [3.05, 3.63) is 40.9 Å². The Kier molecular flexibility index (Phi) is 3.98. The Bertz CT molecular complexity index is 816. The monoisotopic (exact) mass is 315 g/mol. The van der Waals surface area contributed by atoms with Crippen LogP contribution in [0.5, 0.6) is 0 Å². The van der Waals surface area contributed by atoms with Gasteiger partial charge in [0.1, 0.15) is 5.58 Å². The molecule has 0 amide bonds. The third-order valence-electron chi connectivity index (χ3n) is 3.51. The summed E-state index contributed by atoms with van der Waals surface area (Å²) in [6.45, 7) is 4.23. The Morgan fingerprint density at radius 1 is 1.41 bits per heavy atom. The third kappa shape index (κ3) is 2.76. The van der Waals surface area contributed by atoms with E-state index in [-0.39, 0.29) is 12.4 Å². The topological polar surface area (TPSA) is 52.3 Å². The average Bonchev–Trinajstić information content (AvgIpc) is 3.13. The molecule has 0 radical (unpaired) electrons. The second-order valence-corrected chi connectivity index (χ2v) is 6.29. The number of hydrogen-bond donors (Lipinski definition) is 0. The van der Waals surface area contributed by atoms with Gasteiger partial charge < -0.3 is 9.15 Å². The van der Waals surface area contributed by atoms with Gasteiger partial charge in [-0.3, -0.25) is 4.79 Å². The van der Waals surface area contributed by atoms with Crippen LogP contribution in [0.2, 0.25) is 0 Å². The summed E-state index contributed by atoms with van der Waals surface area (Å²) in [5.74, 6) is 0.857. The zero-order valence-electron chi connectivity index (χ0n) is 12.8. The predicted octanol–water partition coefficient (Wildman–Crippen LogP) is 4.40. The summed E-state index contributed by atoms with van der Waals surface area (Å²) in [4.78, 5) is 16.1. The molecule has 0 bridgehead atoms. The van der Waals surface area contributed by atoms with Crippen molar-refractivity contribution in [2.24, 2.45) is 0 Å². The number of carbonyl (C=O) groups excluding carboxylic acids is 1. The Morgan fingerprint density at radius 3 is 2.91 bits per heavy atom. The zero-order chi connectivity index (χ0) is 15.7. The molecule has 2 heterocycles. The molecule has 0 unspecified atom stereocenters. The number of fused-ring (bicyclic) bond motifs is 1. The quantitative estimate of drug-likeness (QED) is 0.670. The van der Waals surface area contributed by atoms with E-state index >= 15 is 0 Å². The highest BCUT2D eigenvalue weighted by Gasteiger charge is 2.15. The number of esters is 1. The van der Waals surface area contributed by atoms with Crippen molar-refractivity contribution >= 4 is 28.3 Å². The van der Waals surface area contributed by atoms with Crippen LogP contribution in [0.4, 0.5) is 0 Å².